The van der Waals surface area contributed by atoms with Crippen LogP contribution in [0.4, 0.5) is 15.9 Å². The first-order chi connectivity index (χ1) is 15.2. The van der Waals surface area contributed by atoms with Crippen molar-refractivity contribution in [1.29, 1.82) is 0 Å². The van der Waals surface area contributed by atoms with E-state index in [4.69, 9.17) is 0 Å². The van der Waals surface area contributed by atoms with Gasteiger partial charge in [0.05, 0.1) is 17.0 Å². The fourth-order valence-corrected chi connectivity index (χ4v) is 3.98. The predicted octanol–water partition coefficient (Wildman–Crippen LogP) is 3.81. The number of fused-ring (bicyclic) bond motifs is 1. The molecule has 5 rings (SSSR count). The summed E-state index contributed by atoms with van der Waals surface area (Å²) in [4.78, 5) is 23.7. The molecule has 2 aromatic heterocycles. The van der Waals surface area contributed by atoms with Crippen LogP contribution in [-0.2, 0) is 4.79 Å². The van der Waals surface area contributed by atoms with Gasteiger partial charge in [-0.05, 0) is 43.2 Å². The maximum atomic E-state index is 13.4. The first-order valence-electron chi connectivity index (χ1n) is 10.2. The molecule has 7 nitrogen and oxygen atoms in total. The van der Waals surface area contributed by atoms with E-state index in [0.29, 0.717) is 17.9 Å². The van der Waals surface area contributed by atoms with Crippen molar-refractivity contribution >= 4 is 28.4 Å². The Morgan fingerprint density at radius 1 is 1.10 bits per heavy atom. The topological polar surface area (TPSA) is 75.9 Å². The maximum absolute atomic E-state index is 13.4. The second-order valence-corrected chi connectivity index (χ2v) is 7.63. The van der Waals surface area contributed by atoms with Gasteiger partial charge in [-0.25, -0.2) is 19.0 Å². The number of carbonyl (C=O) groups excluding carboxylic acids is 1. The fourth-order valence-electron chi connectivity index (χ4n) is 3.98. The third kappa shape index (κ3) is 3.96. The number of piperidine rings is 1. The minimum absolute atomic E-state index is 0.111. The van der Waals surface area contributed by atoms with Crippen molar-refractivity contribution in [2.24, 2.45) is 5.92 Å². The molecule has 0 unspecified atom stereocenters. The molecule has 3 heterocycles. The zero-order valence-electron chi connectivity index (χ0n) is 16.8. The molecule has 31 heavy (non-hydrogen) atoms. The quantitative estimate of drug-likeness (QED) is 0.548. The number of hydrogen-bond acceptors (Lipinski definition) is 5. The molecule has 1 amide bonds. The number of carbonyl (C=O) groups is 1. The predicted molar refractivity (Wildman–Crippen MR) is 117 cm³/mol. The molecule has 0 aliphatic carbocycles. The van der Waals surface area contributed by atoms with Crippen molar-refractivity contribution in [2.75, 3.05) is 23.3 Å². The lowest BCUT2D eigenvalue weighted by molar-refractivity contribution is -0.120. The van der Waals surface area contributed by atoms with E-state index in [1.807, 2.05) is 36.5 Å². The SMILES string of the molecule is O=C(Nc1cccc(F)c1)[C@H]1CCCN(c2ncnc3nn(-c4ccccc4)cc23)C1. The van der Waals surface area contributed by atoms with E-state index in [1.165, 1.54) is 18.5 Å². The van der Waals surface area contributed by atoms with Gasteiger partial charge >= 0.3 is 0 Å². The van der Waals surface area contributed by atoms with E-state index in [0.717, 1.165) is 36.3 Å². The van der Waals surface area contributed by atoms with Gasteiger partial charge in [0.25, 0.3) is 0 Å². The molecule has 156 valence electrons. The number of halogens is 1. The monoisotopic (exact) mass is 416 g/mol. The molecule has 1 saturated heterocycles. The molecule has 1 N–H and O–H groups in total. The van der Waals surface area contributed by atoms with Crippen molar-refractivity contribution in [3.8, 4) is 5.69 Å². The van der Waals surface area contributed by atoms with Gasteiger partial charge in [0.1, 0.15) is 18.0 Å². The average Bonchev–Trinajstić information content (AvgIpc) is 3.24. The minimum atomic E-state index is -0.373. The molecule has 1 atom stereocenters. The van der Waals surface area contributed by atoms with Crippen LogP contribution in [0.25, 0.3) is 16.7 Å². The summed E-state index contributed by atoms with van der Waals surface area (Å²) in [5.41, 5.74) is 2.02. The van der Waals surface area contributed by atoms with Gasteiger partial charge < -0.3 is 10.2 Å². The highest BCUT2D eigenvalue weighted by molar-refractivity contribution is 5.93. The summed E-state index contributed by atoms with van der Waals surface area (Å²) in [6.45, 7) is 1.33. The highest BCUT2D eigenvalue weighted by Gasteiger charge is 2.28. The Labute approximate surface area is 178 Å². The lowest BCUT2D eigenvalue weighted by atomic mass is 9.97. The van der Waals surface area contributed by atoms with Crippen LogP contribution in [0.1, 0.15) is 12.8 Å². The summed E-state index contributed by atoms with van der Waals surface area (Å²) in [6.07, 6.45) is 5.07. The largest absolute Gasteiger partial charge is 0.355 e. The van der Waals surface area contributed by atoms with E-state index >= 15 is 0 Å². The smallest absolute Gasteiger partial charge is 0.229 e. The zero-order chi connectivity index (χ0) is 21.2. The summed E-state index contributed by atoms with van der Waals surface area (Å²) in [5, 5.41) is 8.26. The van der Waals surface area contributed by atoms with E-state index in [9.17, 15) is 9.18 Å². The molecule has 0 saturated carbocycles. The summed E-state index contributed by atoms with van der Waals surface area (Å²) < 4.78 is 15.2. The van der Waals surface area contributed by atoms with E-state index in [1.54, 1.807) is 16.8 Å². The molecule has 8 heteroatoms. The second kappa shape index (κ2) is 8.14. The zero-order valence-corrected chi connectivity index (χ0v) is 16.8. The highest BCUT2D eigenvalue weighted by atomic mass is 19.1. The van der Waals surface area contributed by atoms with Crippen molar-refractivity contribution in [3.05, 3.63) is 72.9 Å². The Morgan fingerprint density at radius 3 is 2.81 bits per heavy atom. The molecular weight excluding hydrogens is 395 g/mol. The van der Waals surface area contributed by atoms with Gasteiger partial charge in [-0.15, -0.1) is 5.10 Å². The van der Waals surface area contributed by atoms with Crippen LogP contribution < -0.4 is 10.2 Å². The van der Waals surface area contributed by atoms with Gasteiger partial charge in [-0.3, -0.25) is 4.79 Å². The molecule has 1 aliphatic rings. The standard InChI is InChI=1S/C23H21FN6O/c24-17-7-4-8-18(12-17)27-23(31)16-6-5-11-29(13-16)22-20-14-30(19-9-2-1-3-10-19)28-21(20)25-15-26-22/h1-4,7-10,12,14-16H,5-6,11,13H2,(H,27,31)/t16-/m0/s1. The number of nitrogens with one attached hydrogen (secondary N) is 1. The Hall–Kier alpha value is -3.81. The van der Waals surface area contributed by atoms with E-state index in [-0.39, 0.29) is 17.6 Å². The number of hydrogen-bond donors (Lipinski definition) is 1. The van der Waals surface area contributed by atoms with E-state index < -0.39 is 0 Å². The summed E-state index contributed by atoms with van der Waals surface area (Å²) in [5.74, 6) is 0.0732. The molecule has 0 spiro atoms. The Morgan fingerprint density at radius 2 is 1.97 bits per heavy atom. The van der Waals surface area contributed by atoms with Crippen molar-refractivity contribution < 1.29 is 9.18 Å². The summed E-state index contributed by atoms with van der Waals surface area (Å²) in [7, 11) is 0. The van der Waals surface area contributed by atoms with Gasteiger partial charge in [0.15, 0.2) is 5.65 Å². The highest BCUT2D eigenvalue weighted by Crippen LogP contribution is 2.28. The van der Waals surface area contributed by atoms with Crippen LogP contribution in [0.2, 0.25) is 0 Å². The summed E-state index contributed by atoms with van der Waals surface area (Å²) in [6, 6.07) is 15.8. The molecule has 0 radical (unpaired) electrons. The molecule has 1 fully saturated rings. The number of benzene rings is 2. The van der Waals surface area contributed by atoms with Crippen LogP contribution in [0, 0.1) is 11.7 Å². The third-order valence-corrected chi connectivity index (χ3v) is 5.50. The molecular formula is C23H21FN6O. The first-order valence-corrected chi connectivity index (χ1v) is 10.2. The maximum Gasteiger partial charge on any atom is 0.229 e. The first kappa shape index (κ1) is 19.2. The molecule has 4 aromatic rings. The number of aromatic nitrogens is 4. The van der Waals surface area contributed by atoms with Crippen molar-refractivity contribution in [3.63, 3.8) is 0 Å². The van der Waals surface area contributed by atoms with Crippen LogP contribution in [0.3, 0.4) is 0 Å². The van der Waals surface area contributed by atoms with Gasteiger partial charge in [-0.1, -0.05) is 24.3 Å². The fraction of sp³-hybridized carbons (Fsp3) is 0.217. The molecule has 1 aliphatic heterocycles. The van der Waals surface area contributed by atoms with Crippen LogP contribution >= 0.6 is 0 Å². The van der Waals surface area contributed by atoms with E-state index in [2.05, 4.69) is 25.3 Å². The number of nitrogens with zero attached hydrogens (tertiary/aromatic N) is 5. The summed E-state index contributed by atoms with van der Waals surface area (Å²) >= 11 is 0. The average molecular weight is 416 g/mol. The number of rotatable bonds is 4. The molecule has 2 aromatic carbocycles. The number of amides is 1. The molecule has 0 bridgehead atoms. The van der Waals surface area contributed by atoms with Crippen LogP contribution in [0.5, 0.6) is 0 Å². The Kier molecular flexibility index (Phi) is 5.03. The van der Waals surface area contributed by atoms with Crippen LogP contribution in [0.15, 0.2) is 67.1 Å². The lowest BCUT2D eigenvalue weighted by Gasteiger charge is -2.33. The Balaban J connectivity index is 1.38. The minimum Gasteiger partial charge on any atom is -0.355 e. The van der Waals surface area contributed by atoms with Gasteiger partial charge in [0, 0.05) is 25.0 Å². The van der Waals surface area contributed by atoms with Crippen molar-refractivity contribution in [1.82, 2.24) is 19.7 Å². The second-order valence-electron chi connectivity index (χ2n) is 7.63. The normalized spacial score (nSPS) is 16.4. The number of para-hydroxylation sites is 1. The lowest BCUT2D eigenvalue weighted by Crippen LogP contribution is -2.41. The number of anilines is 2. The van der Waals surface area contributed by atoms with Crippen LogP contribution in [-0.4, -0.2) is 38.7 Å². The van der Waals surface area contributed by atoms with Gasteiger partial charge in [0.2, 0.25) is 5.91 Å². The Bertz CT molecular complexity index is 1230. The van der Waals surface area contributed by atoms with Gasteiger partial charge in [-0.2, -0.15) is 0 Å². The van der Waals surface area contributed by atoms with Crippen molar-refractivity contribution in [2.45, 2.75) is 12.8 Å². The third-order valence-electron chi connectivity index (χ3n) is 5.50.